The molecule has 0 aliphatic heterocycles. The molecule has 1 atom stereocenters. The van der Waals surface area contributed by atoms with Crippen LogP contribution in [-0.2, 0) is 12.8 Å². The fourth-order valence-corrected chi connectivity index (χ4v) is 1.67. The van der Waals surface area contributed by atoms with Gasteiger partial charge in [0.05, 0.1) is 12.0 Å². The van der Waals surface area contributed by atoms with Crippen molar-refractivity contribution in [2.75, 3.05) is 6.54 Å². The molecule has 0 unspecified atom stereocenters. The lowest BCUT2D eigenvalue weighted by atomic mass is 9.90. The van der Waals surface area contributed by atoms with E-state index in [9.17, 15) is 0 Å². The van der Waals surface area contributed by atoms with Crippen LogP contribution < -0.4 is 5.73 Å². The highest BCUT2D eigenvalue weighted by molar-refractivity contribution is 5.15. The quantitative estimate of drug-likeness (QED) is 0.613. The summed E-state index contributed by atoms with van der Waals surface area (Å²) in [4.78, 5) is 7.38. The number of aryl methyl sites for hydroxylation is 1. The van der Waals surface area contributed by atoms with Gasteiger partial charge in [0.15, 0.2) is 0 Å². The maximum atomic E-state index is 5.59. The fourth-order valence-electron chi connectivity index (χ4n) is 1.67. The third-order valence-electron chi connectivity index (χ3n) is 2.42. The summed E-state index contributed by atoms with van der Waals surface area (Å²) >= 11 is 0. The predicted octanol–water partition coefficient (Wildman–Crippen LogP) is 0.473. The molecular weight excluding hydrogens is 138 g/mol. The van der Waals surface area contributed by atoms with E-state index in [1.165, 1.54) is 17.8 Å². The molecule has 0 amide bonds. The van der Waals surface area contributed by atoms with Crippen LogP contribution in [0.4, 0.5) is 0 Å². The Morgan fingerprint density at radius 3 is 3.45 bits per heavy atom. The highest BCUT2D eigenvalue weighted by atomic mass is 14.9. The van der Waals surface area contributed by atoms with Crippen molar-refractivity contribution >= 4 is 0 Å². The lowest BCUT2D eigenvalue weighted by molar-refractivity contribution is 0.461. The summed E-state index contributed by atoms with van der Waals surface area (Å²) in [6.07, 6.45) is 5.17. The van der Waals surface area contributed by atoms with E-state index in [1.54, 1.807) is 6.33 Å². The van der Waals surface area contributed by atoms with Gasteiger partial charge in [-0.3, -0.25) is 0 Å². The third kappa shape index (κ3) is 1.16. The van der Waals surface area contributed by atoms with Gasteiger partial charge in [-0.15, -0.1) is 0 Å². The standard InChI is InChI=1S/C8H13N3/c9-4-6-1-2-7-8(3-6)11-5-10-7/h5-6H,1-4,9H2,(H,10,11)/t6-/m0/s1. The minimum atomic E-state index is 0.669. The first-order chi connectivity index (χ1) is 5.40. The Hall–Kier alpha value is -0.830. The molecular formula is C8H13N3. The van der Waals surface area contributed by atoms with E-state index in [2.05, 4.69) is 9.97 Å². The van der Waals surface area contributed by atoms with Crippen molar-refractivity contribution in [1.29, 1.82) is 0 Å². The molecule has 60 valence electrons. The van der Waals surface area contributed by atoms with Gasteiger partial charge in [-0.2, -0.15) is 0 Å². The molecule has 0 saturated carbocycles. The van der Waals surface area contributed by atoms with Gasteiger partial charge in [0.1, 0.15) is 0 Å². The number of aromatic amines is 1. The maximum absolute atomic E-state index is 5.59. The number of H-pyrrole nitrogens is 1. The van der Waals surface area contributed by atoms with Gasteiger partial charge in [0, 0.05) is 5.69 Å². The molecule has 0 aromatic carbocycles. The highest BCUT2D eigenvalue weighted by Crippen LogP contribution is 2.21. The summed E-state index contributed by atoms with van der Waals surface area (Å²) in [5, 5.41) is 0. The van der Waals surface area contributed by atoms with Crippen LogP contribution in [0.15, 0.2) is 6.33 Å². The number of rotatable bonds is 1. The number of nitrogens with two attached hydrogens (primary N) is 1. The second kappa shape index (κ2) is 2.66. The van der Waals surface area contributed by atoms with Gasteiger partial charge in [0.2, 0.25) is 0 Å². The molecule has 11 heavy (non-hydrogen) atoms. The normalized spacial score (nSPS) is 23.2. The number of aromatic nitrogens is 2. The number of imidazole rings is 1. The molecule has 1 aromatic rings. The largest absolute Gasteiger partial charge is 0.348 e. The Labute approximate surface area is 66.0 Å². The smallest absolute Gasteiger partial charge is 0.0925 e. The minimum absolute atomic E-state index is 0.669. The summed E-state index contributed by atoms with van der Waals surface area (Å²) in [6, 6.07) is 0. The zero-order chi connectivity index (χ0) is 7.68. The van der Waals surface area contributed by atoms with Crippen molar-refractivity contribution in [3.63, 3.8) is 0 Å². The lowest BCUT2D eigenvalue weighted by Gasteiger charge is -2.18. The average Bonchev–Trinajstić information content (AvgIpc) is 2.50. The van der Waals surface area contributed by atoms with E-state index in [0.717, 1.165) is 19.4 Å². The first-order valence-electron chi connectivity index (χ1n) is 4.11. The Bertz CT molecular complexity index is 241. The van der Waals surface area contributed by atoms with Crippen molar-refractivity contribution in [3.8, 4) is 0 Å². The first kappa shape index (κ1) is 6.85. The van der Waals surface area contributed by atoms with Crippen molar-refractivity contribution in [2.24, 2.45) is 11.7 Å². The van der Waals surface area contributed by atoms with E-state index < -0.39 is 0 Å². The summed E-state index contributed by atoms with van der Waals surface area (Å²) in [6.45, 7) is 0.804. The van der Waals surface area contributed by atoms with Crippen LogP contribution in [0, 0.1) is 5.92 Å². The van der Waals surface area contributed by atoms with Gasteiger partial charge >= 0.3 is 0 Å². The zero-order valence-electron chi connectivity index (χ0n) is 6.51. The van der Waals surface area contributed by atoms with Gasteiger partial charge in [-0.25, -0.2) is 4.98 Å². The molecule has 0 spiro atoms. The first-order valence-corrected chi connectivity index (χ1v) is 4.11. The second-order valence-electron chi connectivity index (χ2n) is 3.17. The monoisotopic (exact) mass is 151 g/mol. The molecule has 1 aromatic heterocycles. The molecule has 1 aliphatic carbocycles. The molecule has 0 fully saturated rings. The summed E-state index contributed by atoms with van der Waals surface area (Å²) in [5.74, 6) is 0.669. The van der Waals surface area contributed by atoms with Gasteiger partial charge in [-0.1, -0.05) is 0 Å². The van der Waals surface area contributed by atoms with Crippen LogP contribution in [0.3, 0.4) is 0 Å². The van der Waals surface area contributed by atoms with E-state index >= 15 is 0 Å². The van der Waals surface area contributed by atoms with E-state index in [1.807, 2.05) is 0 Å². The molecule has 3 nitrogen and oxygen atoms in total. The fraction of sp³-hybridized carbons (Fsp3) is 0.625. The summed E-state index contributed by atoms with van der Waals surface area (Å²) in [7, 11) is 0. The Morgan fingerprint density at radius 1 is 1.73 bits per heavy atom. The molecule has 1 heterocycles. The molecule has 0 saturated heterocycles. The molecule has 1 aliphatic rings. The number of hydrogen-bond acceptors (Lipinski definition) is 2. The summed E-state index contributed by atoms with van der Waals surface area (Å²) < 4.78 is 0. The number of fused-ring (bicyclic) bond motifs is 1. The van der Waals surface area contributed by atoms with Crippen molar-refractivity contribution < 1.29 is 0 Å². The lowest BCUT2D eigenvalue weighted by Crippen LogP contribution is -2.22. The van der Waals surface area contributed by atoms with Crippen LogP contribution in [0.2, 0.25) is 0 Å². The number of nitrogens with one attached hydrogen (secondary N) is 1. The van der Waals surface area contributed by atoms with Crippen LogP contribution in [0.1, 0.15) is 17.8 Å². The number of nitrogens with zero attached hydrogens (tertiary/aromatic N) is 1. The maximum Gasteiger partial charge on any atom is 0.0925 e. The second-order valence-corrected chi connectivity index (χ2v) is 3.17. The molecule has 0 radical (unpaired) electrons. The number of hydrogen-bond donors (Lipinski definition) is 2. The van der Waals surface area contributed by atoms with Crippen molar-refractivity contribution in [3.05, 3.63) is 17.7 Å². The highest BCUT2D eigenvalue weighted by Gasteiger charge is 2.18. The minimum Gasteiger partial charge on any atom is -0.348 e. The molecule has 2 rings (SSSR count). The Kier molecular flexibility index (Phi) is 1.66. The van der Waals surface area contributed by atoms with Crippen LogP contribution in [-0.4, -0.2) is 16.5 Å². The topological polar surface area (TPSA) is 54.7 Å². The zero-order valence-corrected chi connectivity index (χ0v) is 6.51. The van der Waals surface area contributed by atoms with E-state index in [4.69, 9.17) is 5.73 Å². The predicted molar refractivity (Wildman–Crippen MR) is 43.2 cm³/mol. The average molecular weight is 151 g/mol. The van der Waals surface area contributed by atoms with Crippen LogP contribution in [0.25, 0.3) is 0 Å². The molecule has 3 heteroatoms. The molecule has 3 N–H and O–H groups in total. The van der Waals surface area contributed by atoms with Gasteiger partial charge in [-0.05, 0) is 31.7 Å². The van der Waals surface area contributed by atoms with Crippen molar-refractivity contribution in [2.45, 2.75) is 19.3 Å². The van der Waals surface area contributed by atoms with Gasteiger partial charge < -0.3 is 10.7 Å². The Balaban J connectivity index is 2.18. The third-order valence-corrected chi connectivity index (χ3v) is 2.42. The van der Waals surface area contributed by atoms with E-state index in [0.29, 0.717) is 5.92 Å². The van der Waals surface area contributed by atoms with Gasteiger partial charge in [0.25, 0.3) is 0 Å². The molecule has 0 bridgehead atoms. The SMILES string of the molecule is NC[C@H]1CCc2nc[nH]c2C1. The van der Waals surface area contributed by atoms with Crippen LogP contribution >= 0.6 is 0 Å². The summed E-state index contributed by atoms with van der Waals surface area (Å²) in [5.41, 5.74) is 8.14. The van der Waals surface area contributed by atoms with Crippen LogP contribution in [0.5, 0.6) is 0 Å². The van der Waals surface area contributed by atoms with Crippen molar-refractivity contribution in [1.82, 2.24) is 9.97 Å². The Morgan fingerprint density at radius 2 is 2.64 bits per heavy atom. The van der Waals surface area contributed by atoms with E-state index in [-0.39, 0.29) is 0 Å².